The Morgan fingerprint density at radius 3 is 2.18 bits per heavy atom. The molecule has 1 aromatic heterocycles. The van der Waals surface area contributed by atoms with E-state index >= 15 is 0 Å². The lowest BCUT2D eigenvalue weighted by Crippen LogP contribution is -2.27. The van der Waals surface area contributed by atoms with Gasteiger partial charge in [0.25, 0.3) is 11.5 Å². The smallest absolute Gasteiger partial charge is 0.265 e. The maximum absolute atomic E-state index is 13.0. The monoisotopic (exact) mass is 454 g/mol. The molecular weight excluding hydrogens is 428 g/mol. The second kappa shape index (κ2) is 8.94. The summed E-state index contributed by atoms with van der Waals surface area (Å²) in [6, 6.07) is 21.0. The zero-order chi connectivity index (χ0) is 24.5. The van der Waals surface area contributed by atoms with Crippen LogP contribution in [0.1, 0.15) is 37.0 Å². The van der Waals surface area contributed by atoms with Gasteiger partial charge in [0.15, 0.2) is 0 Å². The number of rotatable bonds is 4. The first-order chi connectivity index (χ1) is 16.1. The molecule has 1 heterocycles. The fourth-order valence-corrected chi connectivity index (χ4v) is 3.51. The molecule has 0 saturated heterocycles. The maximum atomic E-state index is 13.0. The summed E-state index contributed by atoms with van der Waals surface area (Å²) in [6.07, 6.45) is 0. The molecule has 0 aliphatic heterocycles. The Hall–Kier alpha value is -4.26. The summed E-state index contributed by atoms with van der Waals surface area (Å²) >= 11 is 0. The highest BCUT2D eigenvalue weighted by Crippen LogP contribution is 2.21. The van der Waals surface area contributed by atoms with Gasteiger partial charge in [-0.2, -0.15) is 0 Å². The third-order valence-corrected chi connectivity index (χ3v) is 5.39. The molecule has 172 valence electrons. The third kappa shape index (κ3) is 4.73. The van der Waals surface area contributed by atoms with Crippen molar-refractivity contribution in [2.45, 2.75) is 27.7 Å². The number of nitrogens with one attached hydrogen (secondary N) is 2. The number of fused-ring (bicyclic) bond motifs is 1. The van der Waals surface area contributed by atoms with Crippen molar-refractivity contribution >= 4 is 34.1 Å². The Bertz CT molecular complexity index is 1450. The van der Waals surface area contributed by atoms with Gasteiger partial charge in [0, 0.05) is 22.4 Å². The second-order valence-corrected chi connectivity index (χ2v) is 9.10. The van der Waals surface area contributed by atoms with Gasteiger partial charge in [0.2, 0.25) is 5.91 Å². The largest absolute Gasteiger partial charge is 0.326 e. The lowest BCUT2D eigenvalue weighted by molar-refractivity contribution is -0.123. The lowest BCUT2D eigenvalue weighted by Gasteiger charge is -2.18. The number of aryl methyl sites for hydroxylation is 1. The standard InChI is InChI=1S/C27H26N4O3/c1-17-28-23-11-6-5-10-22(23)25(33)31(17)21-14-12-18(13-15-21)24(32)29-19-8-7-9-20(16-19)30-26(34)27(2,3)4/h5-16H,1-4H3,(H,29,32)(H,30,34). The highest BCUT2D eigenvalue weighted by molar-refractivity contribution is 6.05. The number of amides is 2. The Morgan fingerprint density at radius 2 is 1.50 bits per heavy atom. The van der Waals surface area contributed by atoms with Crippen molar-refractivity contribution in [1.82, 2.24) is 9.55 Å². The average molecular weight is 455 g/mol. The van der Waals surface area contributed by atoms with Gasteiger partial charge in [-0.1, -0.05) is 39.0 Å². The fourth-order valence-electron chi connectivity index (χ4n) is 3.51. The summed E-state index contributed by atoms with van der Waals surface area (Å²) < 4.78 is 1.53. The highest BCUT2D eigenvalue weighted by Gasteiger charge is 2.21. The topological polar surface area (TPSA) is 93.1 Å². The van der Waals surface area contributed by atoms with Crippen LogP contribution in [0.25, 0.3) is 16.6 Å². The van der Waals surface area contributed by atoms with Crippen molar-refractivity contribution in [1.29, 1.82) is 0 Å². The van der Waals surface area contributed by atoms with Crippen LogP contribution in [0.4, 0.5) is 11.4 Å². The fraction of sp³-hybridized carbons (Fsp3) is 0.185. The first-order valence-corrected chi connectivity index (χ1v) is 11.0. The lowest BCUT2D eigenvalue weighted by atomic mass is 9.95. The molecule has 0 aliphatic carbocycles. The number of anilines is 2. The van der Waals surface area contributed by atoms with Crippen molar-refractivity contribution in [2.75, 3.05) is 10.6 Å². The number of nitrogens with zero attached hydrogens (tertiary/aromatic N) is 2. The van der Waals surface area contributed by atoms with E-state index in [1.807, 2.05) is 39.0 Å². The summed E-state index contributed by atoms with van der Waals surface area (Å²) in [7, 11) is 0. The second-order valence-electron chi connectivity index (χ2n) is 9.10. The molecule has 34 heavy (non-hydrogen) atoms. The van der Waals surface area contributed by atoms with E-state index < -0.39 is 5.41 Å². The van der Waals surface area contributed by atoms with Crippen LogP contribution in [-0.4, -0.2) is 21.4 Å². The molecule has 0 bridgehead atoms. The summed E-state index contributed by atoms with van der Waals surface area (Å²) in [5.74, 6) is 0.154. The Labute approximate surface area is 197 Å². The molecule has 0 atom stereocenters. The van der Waals surface area contributed by atoms with Crippen LogP contribution in [0, 0.1) is 12.3 Å². The van der Waals surface area contributed by atoms with Crippen LogP contribution in [0.5, 0.6) is 0 Å². The summed E-state index contributed by atoms with van der Waals surface area (Å²) in [6.45, 7) is 7.28. The Kier molecular flexibility index (Phi) is 6.03. The Morgan fingerprint density at radius 1 is 0.853 bits per heavy atom. The van der Waals surface area contributed by atoms with Crippen molar-refractivity contribution in [2.24, 2.45) is 5.41 Å². The van der Waals surface area contributed by atoms with Crippen LogP contribution in [0.15, 0.2) is 77.6 Å². The van der Waals surface area contributed by atoms with E-state index in [2.05, 4.69) is 15.6 Å². The molecule has 4 rings (SSSR count). The van der Waals surface area contributed by atoms with E-state index in [0.717, 1.165) is 0 Å². The van der Waals surface area contributed by atoms with Gasteiger partial charge in [-0.25, -0.2) is 4.98 Å². The number of benzene rings is 3. The van der Waals surface area contributed by atoms with Gasteiger partial charge in [0.05, 0.1) is 16.6 Å². The predicted octanol–water partition coefficient (Wildman–Crippen LogP) is 4.93. The molecular formula is C27H26N4O3. The SMILES string of the molecule is Cc1nc2ccccc2c(=O)n1-c1ccc(C(=O)Nc2cccc(NC(=O)C(C)(C)C)c2)cc1. The quantitative estimate of drug-likeness (QED) is 0.457. The van der Waals surface area contributed by atoms with Crippen LogP contribution in [0.2, 0.25) is 0 Å². The van der Waals surface area contributed by atoms with Gasteiger partial charge < -0.3 is 10.6 Å². The molecule has 2 amide bonds. The van der Waals surface area contributed by atoms with E-state index in [1.54, 1.807) is 61.5 Å². The van der Waals surface area contributed by atoms with E-state index in [9.17, 15) is 14.4 Å². The Balaban J connectivity index is 1.54. The zero-order valence-corrected chi connectivity index (χ0v) is 19.5. The van der Waals surface area contributed by atoms with E-state index in [-0.39, 0.29) is 17.4 Å². The number of carbonyl (C=O) groups is 2. The molecule has 0 saturated carbocycles. The first-order valence-electron chi connectivity index (χ1n) is 11.0. The minimum absolute atomic E-state index is 0.111. The molecule has 0 fully saturated rings. The van der Waals surface area contributed by atoms with E-state index in [0.29, 0.717) is 39.4 Å². The molecule has 0 spiro atoms. The van der Waals surface area contributed by atoms with Gasteiger partial charge in [-0.05, 0) is 61.5 Å². The van der Waals surface area contributed by atoms with Crippen LogP contribution < -0.4 is 16.2 Å². The van der Waals surface area contributed by atoms with Gasteiger partial charge in [-0.3, -0.25) is 19.0 Å². The molecule has 3 aromatic carbocycles. The first kappa shape index (κ1) is 22.9. The molecule has 0 radical (unpaired) electrons. The van der Waals surface area contributed by atoms with Crippen LogP contribution >= 0.6 is 0 Å². The number of hydrogen-bond donors (Lipinski definition) is 2. The van der Waals surface area contributed by atoms with Crippen LogP contribution in [0.3, 0.4) is 0 Å². The van der Waals surface area contributed by atoms with E-state index in [1.165, 1.54) is 4.57 Å². The number of hydrogen-bond acceptors (Lipinski definition) is 4. The number of para-hydroxylation sites is 1. The normalized spacial score (nSPS) is 11.3. The average Bonchev–Trinajstić information content (AvgIpc) is 2.79. The van der Waals surface area contributed by atoms with Crippen molar-refractivity contribution in [3.8, 4) is 5.69 Å². The van der Waals surface area contributed by atoms with Gasteiger partial charge in [0.1, 0.15) is 5.82 Å². The zero-order valence-electron chi connectivity index (χ0n) is 19.5. The minimum Gasteiger partial charge on any atom is -0.326 e. The van der Waals surface area contributed by atoms with Gasteiger partial charge in [-0.15, -0.1) is 0 Å². The predicted molar refractivity (Wildman–Crippen MR) is 135 cm³/mol. The number of carbonyl (C=O) groups excluding carboxylic acids is 2. The molecule has 2 N–H and O–H groups in total. The van der Waals surface area contributed by atoms with Gasteiger partial charge >= 0.3 is 0 Å². The molecule has 7 heteroatoms. The molecule has 0 unspecified atom stereocenters. The molecule has 0 aliphatic rings. The maximum Gasteiger partial charge on any atom is 0.265 e. The van der Waals surface area contributed by atoms with E-state index in [4.69, 9.17) is 0 Å². The molecule has 7 nitrogen and oxygen atoms in total. The van der Waals surface area contributed by atoms with Crippen molar-refractivity contribution in [3.05, 3.63) is 94.5 Å². The third-order valence-electron chi connectivity index (χ3n) is 5.39. The molecule has 4 aromatic rings. The summed E-state index contributed by atoms with van der Waals surface area (Å²) in [4.78, 5) is 42.5. The minimum atomic E-state index is -0.526. The summed E-state index contributed by atoms with van der Waals surface area (Å²) in [5, 5.41) is 6.24. The highest BCUT2D eigenvalue weighted by atomic mass is 16.2. The van der Waals surface area contributed by atoms with Crippen LogP contribution in [-0.2, 0) is 4.79 Å². The number of aromatic nitrogens is 2. The van der Waals surface area contributed by atoms with Crippen molar-refractivity contribution < 1.29 is 9.59 Å². The summed E-state index contributed by atoms with van der Waals surface area (Å²) in [5.41, 5.74) is 2.20. The van der Waals surface area contributed by atoms with Crippen molar-refractivity contribution in [3.63, 3.8) is 0 Å².